The van der Waals surface area contributed by atoms with E-state index in [1.54, 1.807) is 17.0 Å². The molecule has 2 heterocycles. The number of nitrogens with zero attached hydrogens (tertiary/aromatic N) is 4. The SMILES string of the molecule is CCN(C(=O)CSc1nnc(-c2ccc(Cl)cc2)n1CC)[C@@H]1CCS(=O)(=O)C1. The van der Waals surface area contributed by atoms with Gasteiger partial charge in [-0.1, -0.05) is 23.4 Å². The standard InChI is InChI=1S/C18H23ClN4O3S2/c1-3-22(15-9-10-28(25,26)12-15)16(24)11-27-18-21-20-17(23(18)4-2)13-5-7-14(19)8-6-13/h5-8,15H,3-4,9-12H2,1-2H3/t15-/m1/s1. The summed E-state index contributed by atoms with van der Waals surface area (Å²) < 4.78 is 25.4. The van der Waals surface area contributed by atoms with E-state index in [4.69, 9.17) is 11.6 Å². The van der Waals surface area contributed by atoms with Crippen LogP contribution in [-0.4, -0.2) is 63.8 Å². The minimum absolute atomic E-state index is 0.0586. The highest BCUT2D eigenvalue weighted by Gasteiger charge is 2.33. The van der Waals surface area contributed by atoms with Gasteiger partial charge >= 0.3 is 0 Å². The van der Waals surface area contributed by atoms with Crippen LogP contribution in [0.1, 0.15) is 20.3 Å². The molecule has 3 rings (SSSR count). The van der Waals surface area contributed by atoms with Crippen molar-refractivity contribution in [3.63, 3.8) is 0 Å². The molecule has 28 heavy (non-hydrogen) atoms. The molecule has 0 N–H and O–H groups in total. The summed E-state index contributed by atoms with van der Waals surface area (Å²) in [6, 6.07) is 7.15. The Balaban J connectivity index is 1.70. The molecular formula is C18H23ClN4O3S2. The zero-order valence-electron chi connectivity index (χ0n) is 15.8. The summed E-state index contributed by atoms with van der Waals surface area (Å²) in [6.07, 6.45) is 0.512. The zero-order valence-corrected chi connectivity index (χ0v) is 18.2. The first-order valence-corrected chi connectivity index (χ1v) is 12.3. The maximum absolute atomic E-state index is 12.7. The molecule has 7 nitrogen and oxygen atoms in total. The number of rotatable bonds is 7. The Labute approximate surface area is 174 Å². The molecule has 2 aromatic rings. The topological polar surface area (TPSA) is 85.2 Å². The van der Waals surface area contributed by atoms with Crippen LogP contribution >= 0.6 is 23.4 Å². The van der Waals surface area contributed by atoms with Crippen molar-refractivity contribution in [3.05, 3.63) is 29.3 Å². The van der Waals surface area contributed by atoms with Gasteiger partial charge in [-0.25, -0.2) is 8.42 Å². The second-order valence-corrected chi connectivity index (χ2v) is 10.2. The van der Waals surface area contributed by atoms with E-state index in [0.29, 0.717) is 29.7 Å². The van der Waals surface area contributed by atoms with Crippen LogP contribution in [0.2, 0.25) is 5.02 Å². The van der Waals surface area contributed by atoms with Gasteiger partial charge in [0.05, 0.1) is 17.3 Å². The van der Waals surface area contributed by atoms with E-state index >= 15 is 0 Å². The van der Waals surface area contributed by atoms with E-state index < -0.39 is 9.84 Å². The Bertz CT molecular complexity index is 944. The number of amides is 1. The Morgan fingerprint density at radius 1 is 1.29 bits per heavy atom. The minimum Gasteiger partial charge on any atom is -0.338 e. The molecule has 0 bridgehead atoms. The van der Waals surface area contributed by atoms with Gasteiger partial charge in [-0.05, 0) is 44.5 Å². The maximum Gasteiger partial charge on any atom is 0.233 e. The van der Waals surface area contributed by atoms with Gasteiger partial charge in [-0.2, -0.15) is 0 Å². The van der Waals surface area contributed by atoms with E-state index in [1.807, 2.05) is 30.5 Å². The lowest BCUT2D eigenvalue weighted by Gasteiger charge is -2.26. The van der Waals surface area contributed by atoms with E-state index in [2.05, 4.69) is 10.2 Å². The van der Waals surface area contributed by atoms with Crippen LogP contribution in [0.15, 0.2) is 29.4 Å². The number of carbonyl (C=O) groups excluding carboxylic acids is 1. The van der Waals surface area contributed by atoms with Crippen LogP contribution in [0.4, 0.5) is 0 Å². The Morgan fingerprint density at radius 2 is 2.00 bits per heavy atom. The molecule has 1 aromatic carbocycles. The molecule has 0 saturated carbocycles. The van der Waals surface area contributed by atoms with Crippen molar-refractivity contribution in [1.82, 2.24) is 19.7 Å². The number of hydrogen-bond acceptors (Lipinski definition) is 6. The predicted octanol–water partition coefficient (Wildman–Crippen LogP) is 2.75. The molecule has 152 valence electrons. The molecule has 1 atom stereocenters. The molecule has 1 saturated heterocycles. The zero-order chi connectivity index (χ0) is 20.3. The van der Waals surface area contributed by atoms with Crippen LogP contribution < -0.4 is 0 Å². The number of aromatic nitrogens is 3. The molecule has 10 heteroatoms. The van der Waals surface area contributed by atoms with Crippen molar-refractivity contribution >= 4 is 39.1 Å². The van der Waals surface area contributed by atoms with Crippen molar-refractivity contribution in [3.8, 4) is 11.4 Å². The van der Waals surface area contributed by atoms with Gasteiger partial charge < -0.3 is 9.47 Å². The number of thioether (sulfide) groups is 1. The number of hydrogen-bond donors (Lipinski definition) is 0. The van der Waals surface area contributed by atoms with Gasteiger partial charge in [0.1, 0.15) is 0 Å². The average molecular weight is 443 g/mol. The summed E-state index contributed by atoms with van der Waals surface area (Å²) in [7, 11) is -3.03. The van der Waals surface area contributed by atoms with Crippen LogP contribution in [0.25, 0.3) is 11.4 Å². The molecule has 1 aromatic heterocycles. The van der Waals surface area contributed by atoms with Crippen LogP contribution in [0, 0.1) is 0 Å². The first kappa shape index (κ1) is 21.1. The quantitative estimate of drug-likeness (QED) is 0.613. The van der Waals surface area contributed by atoms with Gasteiger partial charge in [0.25, 0.3) is 0 Å². The third-order valence-electron chi connectivity index (χ3n) is 4.77. The molecular weight excluding hydrogens is 420 g/mol. The Morgan fingerprint density at radius 3 is 2.57 bits per heavy atom. The number of sulfone groups is 1. The van der Waals surface area contributed by atoms with E-state index in [1.165, 1.54) is 11.8 Å². The van der Waals surface area contributed by atoms with E-state index in [0.717, 1.165) is 11.4 Å². The second kappa shape index (κ2) is 8.84. The molecule has 1 amide bonds. The monoisotopic (exact) mass is 442 g/mol. The molecule has 0 spiro atoms. The fourth-order valence-corrected chi connectivity index (χ4v) is 6.11. The molecule has 1 aliphatic heterocycles. The largest absolute Gasteiger partial charge is 0.338 e. The van der Waals surface area contributed by atoms with E-state index in [-0.39, 0.29) is 29.2 Å². The number of carbonyl (C=O) groups is 1. The lowest BCUT2D eigenvalue weighted by molar-refractivity contribution is -0.129. The highest BCUT2D eigenvalue weighted by molar-refractivity contribution is 7.99. The van der Waals surface area contributed by atoms with Gasteiger partial charge in [-0.15, -0.1) is 10.2 Å². The van der Waals surface area contributed by atoms with Gasteiger partial charge in [0.15, 0.2) is 20.8 Å². The summed E-state index contributed by atoms with van der Waals surface area (Å²) >= 11 is 7.27. The predicted molar refractivity (Wildman–Crippen MR) is 111 cm³/mol. The van der Waals surface area contributed by atoms with Crippen LogP contribution in [0.5, 0.6) is 0 Å². The number of benzene rings is 1. The highest BCUT2D eigenvalue weighted by atomic mass is 35.5. The van der Waals surface area contributed by atoms with Crippen LogP contribution in [0.3, 0.4) is 0 Å². The molecule has 1 fully saturated rings. The summed E-state index contributed by atoms with van der Waals surface area (Å²) in [6.45, 7) is 5.03. The van der Waals surface area contributed by atoms with Crippen molar-refractivity contribution in [2.24, 2.45) is 0 Å². The lowest BCUT2D eigenvalue weighted by atomic mass is 10.2. The fraction of sp³-hybridized carbons (Fsp3) is 0.500. The summed E-state index contributed by atoms with van der Waals surface area (Å²) in [5.41, 5.74) is 0.906. The lowest BCUT2D eigenvalue weighted by Crippen LogP contribution is -2.42. The third-order valence-corrected chi connectivity index (χ3v) is 7.72. The smallest absolute Gasteiger partial charge is 0.233 e. The van der Waals surface area contributed by atoms with Crippen molar-refractivity contribution < 1.29 is 13.2 Å². The van der Waals surface area contributed by atoms with Crippen LogP contribution in [-0.2, 0) is 21.2 Å². The minimum atomic E-state index is -3.03. The second-order valence-electron chi connectivity index (χ2n) is 6.58. The molecule has 0 unspecified atom stereocenters. The van der Waals surface area contributed by atoms with E-state index in [9.17, 15) is 13.2 Å². The Kier molecular flexibility index (Phi) is 6.67. The Hall–Kier alpha value is -1.58. The van der Waals surface area contributed by atoms with Crippen molar-refractivity contribution in [2.75, 3.05) is 23.8 Å². The normalized spacial score (nSPS) is 18.3. The first-order chi connectivity index (χ1) is 13.3. The third kappa shape index (κ3) is 4.69. The first-order valence-electron chi connectivity index (χ1n) is 9.16. The number of halogens is 1. The van der Waals surface area contributed by atoms with Gasteiger partial charge in [0, 0.05) is 29.7 Å². The highest BCUT2D eigenvalue weighted by Crippen LogP contribution is 2.26. The summed E-state index contributed by atoms with van der Waals surface area (Å²) in [5.74, 6) is 1.06. The fourth-order valence-electron chi connectivity index (χ4n) is 3.36. The molecule has 1 aliphatic rings. The maximum atomic E-state index is 12.7. The molecule has 0 radical (unpaired) electrons. The average Bonchev–Trinajstić information content (AvgIpc) is 3.24. The summed E-state index contributed by atoms with van der Waals surface area (Å²) in [5, 5.41) is 9.83. The van der Waals surface area contributed by atoms with Crippen molar-refractivity contribution in [1.29, 1.82) is 0 Å². The van der Waals surface area contributed by atoms with Gasteiger partial charge in [-0.3, -0.25) is 4.79 Å². The van der Waals surface area contributed by atoms with Crippen molar-refractivity contribution in [2.45, 2.75) is 38.0 Å². The van der Waals surface area contributed by atoms with Gasteiger partial charge in [0.2, 0.25) is 5.91 Å². The summed E-state index contributed by atoms with van der Waals surface area (Å²) in [4.78, 5) is 14.4. The molecule has 0 aliphatic carbocycles.